The van der Waals surface area contributed by atoms with Crippen LogP contribution in [0.2, 0.25) is 0 Å². The van der Waals surface area contributed by atoms with Crippen LogP contribution in [0.5, 0.6) is 0 Å². The first-order valence-electron chi connectivity index (χ1n) is 4.07. The van der Waals surface area contributed by atoms with E-state index < -0.39 is 6.09 Å². The predicted molar refractivity (Wildman–Crippen MR) is 43.9 cm³/mol. The highest BCUT2D eigenvalue weighted by Crippen LogP contribution is 1.94. The fourth-order valence-corrected chi connectivity index (χ4v) is 0.622. The number of nitrogens with two attached hydrogens (primary N) is 1. The summed E-state index contributed by atoms with van der Waals surface area (Å²) in [5.74, 6) is 4.81. The zero-order valence-electron chi connectivity index (χ0n) is 7.58. The van der Waals surface area contributed by atoms with Crippen molar-refractivity contribution in [1.82, 2.24) is 5.06 Å². The van der Waals surface area contributed by atoms with Crippen molar-refractivity contribution in [2.75, 3.05) is 13.2 Å². The number of amides is 1. The second-order valence-corrected chi connectivity index (χ2v) is 2.27. The SMILES string of the molecule is CCCCOC(=O)N(CC)ON. The fourth-order valence-electron chi connectivity index (χ4n) is 0.622. The monoisotopic (exact) mass is 176 g/mol. The number of hydroxylamine groups is 2. The Morgan fingerprint density at radius 1 is 1.50 bits per heavy atom. The molecule has 2 N–H and O–H groups in total. The lowest BCUT2D eigenvalue weighted by Crippen LogP contribution is -2.34. The van der Waals surface area contributed by atoms with Gasteiger partial charge in [-0.2, -0.15) is 15.9 Å². The lowest BCUT2D eigenvalue weighted by molar-refractivity contribution is -0.137. The third-order valence-electron chi connectivity index (χ3n) is 1.34. The number of unbranched alkanes of at least 4 members (excludes halogenated alkanes) is 1. The molecule has 0 aliphatic rings. The maximum Gasteiger partial charge on any atom is 0.435 e. The van der Waals surface area contributed by atoms with Crippen LogP contribution in [0.4, 0.5) is 4.79 Å². The van der Waals surface area contributed by atoms with Gasteiger partial charge < -0.3 is 4.74 Å². The molecule has 0 rings (SSSR count). The smallest absolute Gasteiger partial charge is 0.435 e. The van der Waals surface area contributed by atoms with Crippen molar-refractivity contribution in [3.8, 4) is 0 Å². The second-order valence-electron chi connectivity index (χ2n) is 2.27. The van der Waals surface area contributed by atoms with Gasteiger partial charge >= 0.3 is 6.09 Å². The fraction of sp³-hybridized carbons (Fsp3) is 0.857. The molecule has 0 aromatic heterocycles. The van der Waals surface area contributed by atoms with E-state index in [2.05, 4.69) is 4.94 Å². The van der Waals surface area contributed by atoms with E-state index in [9.17, 15) is 4.79 Å². The quantitative estimate of drug-likeness (QED) is 0.502. The lowest BCUT2D eigenvalue weighted by Gasteiger charge is -2.15. The van der Waals surface area contributed by atoms with E-state index in [1.165, 1.54) is 0 Å². The molecule has 0 aromatic carbocycles. The molecule has 0 radical (unpaired) electrons. The molecule has 5 heteroatoms. The Morgan fingerprint density at radius 2 is 2.17 bits per heavy atom. The zero-order valence-corrected chi connectivity index (χ0v) is 7.58. The maximum absolute atomic E-state index is 11.0. The molecule has 72 valence electrons. The van der Waals surface area contributed by atoms with Crippen LogP contribution in [0.1, 0.15) is 26.7 Å². The Kier molecular flexibility index (Phi) is 6.41. The van der Waals surface area contributed by atoms with Gasteiger partial charge in [0.2, 0.25) is 0 Å². The number of rotatable bonds is 5. The average molecular weight is 176 g/mol. The van der Waals surface area contributed by atoms with Crippen molar-refractivity contribution >= 4 is 6.09 Å². The Morgan fingerprint density at radius 3 is 2.58 bits per heavy atom. The first-order valence-corrected chi connectivity index (χ1v) is 4.07. The summed E-state index contributed by atoms with van der Waals surface area (Å²) in [7, 11) is 0. The molecule has 0 bridgehead atoms. The van der Waals surface area contributed by atoms with Crippen molar-refractivity contribution in [2.24, 2.45) is 5.90 Å². The molecule has 0 heterocycles. The van der Waals surface area contributed by atoms with Crippen LogP contribution in [-0.4, -0.2) is 24.3 Å². The minimum atomic E-state index is -0.534. The predicted octanol–water partition coefficient (Wildman–Crippen LogP) is 1.05. The molecule has 0 saturated carbocycles. The Labute approximate surface area is 72.3 Å². The first-order chi connectivity index (χ1) is 5.76. The Bertz CT molecular complexity index is 126. The molecule has 0 aromatic rings. The van der Waals surface area contributed by atoms with E-state index in [-0.39, 0.29) is 0 Å². The van der Waals surface area contributed by atoms with Gasteiger partial charge in [0.1, 0.15) is 0 Å². The molecule has 12 heavy (non-hydrogen) atoms. The summed E-state index contributed by atoms with van der Waals surface area (Å²) in [6.07, 6.45) is 1.31. The maximum atomic E-state index is 11.0. The van der Waals surface area contributed by atoms with Gasteiger partial charge in [-0.1, -0.05) is 13.3 Å². The summed E-state index contributed by atoms with van der Waals surface area (Å²) in [4.78, 5) is 15.2. The number of ether oxygens (including phenoxy) is 1. The molecule has 0 atom stereocenters. The molecule has 0 aliphatic heterocycles. The van der Waals surface area contributed by atoms with Crippen LogP contribution < -0.4 is 5.90 Å². The van der Waals surface area contributed by atoms with Crippen LogP contribution in [0.25, 0.3) is 0 Å². The van der Waals surface area contributed by atoms with Crippen LogP contribution in [-0.2, 0) is 9.68 Å². The number of hydrogen-bond acceptors (Lipinski definition) is 4. The molecular formula is C7H16N2O3. The molecule has 0 aliphatic carbocycles. The van der Waals surface area contributed by atoms with Crippen molar-refractivity contribution in [3.05, 3.63) is 0 Å². The normalized spacial score (nSPS) is 9.58. The largest absolute Gasteiger partial charge is 0.448 e. The van der Waals surface area contributed by atoms with Crippen LogP contribution in [0, 0.1) is 0 Å². The molecule has 0 unspecified atom stereocenters. The standard InChI is InChI=1S/C7H16N2O3/c1-3-5-6-11-7(10)9(4-2)12-8/h3-6,8H2,1-2H3. The van der Waals surface area contributed by atoms with Crippen molar-refractivity contribution in [2.45, 2.75) is 26.7 Å². The number of carbonyl (C=O) groups is 1. The molecule has 1 amide bonds. The van der Waals surface area contributed by atoms with Gasteiger partial charge in [-0.3, -0.25) is 0 Å². The summed E-state index contributed by atoms with van der Waals surface area (Å²) < 4.78 is 4.81. The van der Waals surface area contributed by atoms with Gasteiger partial charge in [0.05, 0.1) is 13.2 Å². The number of hydrogen-bond donors (Lipinski definition) is 1. The lowest BCUT2D eigenvalue weighted by atomic mass is 10.4. The van der Waals surface area contributed by atoms with E-state index in [1.807, 2.05) is 6.92 Å². The molecule has 0 saturated heterocycles. The first kappa shape index (κ1) is 11.2. The molecule has 0 spiro atoms. The van der Waals surface area contributed by atoms with Gasteiger partial charge in [-0.25, -0.2) is 4.79 Å². The summed E-state index contributed by atoms with van der Waals surface area (Å²) in [6, 6.07) is 0. The summed E-state index contributed by atoms with van der Waals surface area (Å²) in [5.41, 5.74) is 0. The summed E-state index contributed by atoms with van der Waals surface area (Å²) >= 11 is 0. The van der Waals surface area contributed by atoms with E-state index in [4.69, 9.17) is 10.6 Å². The molecule has 0 fully saturated rings. The van der Waals surface area contributed by atoms with E-state index in [1.54, 1.807) is 6.92 Å². The van der Waals surface area contributed by atoms with E-state index in [0.717, 1.165) is 17.9 Å². The van der Waals surface area contributed by atoms with E-state index in [0.29, 0.717) is 13.2 Å². The van der Waals surface area contributed by atoms with Crippen molar-refractivity contribution in [3.63, 3.8) is 0 Å². The summed E-state index contributed by atoms with van der Waals surface area (Å²) in [5, 5.41) is 0.954. The Balaban J connectivity index is 3.54. The topological polar surface area (TPSA) is 64.8 Å². The van der Waals surface area contributed by atoms with Crippen LogP contribution in [0.3, 0.4) is 0 Å². The van der Waals surface area contributed by atoms with Crippen LogP contribution in [0.15, 0.2) is 0 Å². The second kappa shape index (κ2) is 6.87. The van der Waals surface area contributed by atoms with Gasteiger partial charge in [0, 0.05) is 0 Å². The minimum Gasteiger partial charge on any atom is -0.448 e. The van der Waals surface area contributed by atoms with Crippen molar-refractivity contribution in [1.29, 1.82) is 0 Å². The van der Waals surface area contributed by atoms with Crippen molar-refractivity contribution < 1.29 is 14.5 Å². The van der Waals surface area contributed by atoms with Gasteiger partial charge in [-0.05, 0) is 13.3 Å². The van der Waals surface area contributed by atoms with Crippen LogP contribution >= 0.6 is 0 Å². The minimum absolute atomic E-state index is 0.376. The zero-order chi connectivity index (χ0) is 9.40. The van der Waals surface area contributed by atoms with E-state index >= 15 is 0 Å². The highest BCUT2D eigenvalue weighted by Gasteiger charge is 2.11. The summed E-state index contributed by atoms with van der Waals surface area (Å²) in [6.45, 7) is 4.55. The highest BCUT2D eigenvalue weighted by atomic mass is 16.8. The average Bonchev–Trinajstić information content (AvgIpc) is 2.07. The van der Waals surface area contributed by atoms with Gasteiger partial charge in [0.15, 0.2) is 0 Å². The Hall–Kier alpha value is -0.810. The third-order valence-corrected chi connectivity index (χ3v) is 1.34. The van der Waals surface area contributed by atoms with Gasteiger partial charge in [0.25, 0.3) is 0 Å². The molecule has 5 nitrogen and oxygen atoms in total. The van der Waals surface area contributed by atoms with Gasteiger partial charge in [-0.15, -0.1) is 0 Å². The third kappa shape index (κ3) is 4.15. The molecular weight excluding hydrogens is 160 g/mol. The number of nitrogens with zero attached hydrogens (tertiary/aromatic N) is 1. The highest BCUT2D eigenvalue weighted by molar-refractivity contribution is 5.66. The number of carbonyl (C=O) groups excluding carboxylic acids is 1.